The van der Waals surface area contributed by atoms with Crippen LogP contribution in [0, 0.1) is 11.8 Å². The van der Waals surface area contributed by atoms with Crippen molar-refractivity contribution in [2.75, 3.05) is 26.2 Å². The summed E-state index contributed by atoms with van der Waals surface area (Å²) in [6.45, 7) is 6.70. The second-order valence-corrected chi connectivity index (χ2v) is 5.81. The standard InChI is InChI=1S/C17H25N3O3.ClH/c1-3-19-16(21)11-23-15-6-4-5-13(7-15)8-20-17(22)12(2)14-9-18-10-14;/h4-7,12,14,18H,3,8-11H2,1-2H3,(H,19,21)(H,20,22);1H. The highest BCUT2D eigenvalue weighted by atomic mass is 35.5. The third-order valence-electron chi connectivity index (χ3n) is 4.04. The SMILES string of the molecule is CCNC(=O)COc1cccc(CNC(=O)C(C)C2CNC2)c1.Cl. The highest BCUT2D eigenvalue weighted by Gasteiger charge is 2.28. The van der Waals surface area contributed by atoms with E-state index in [1.54, 1.807) is 6.07 Å². The molecule has 7 heteroatoms. The van der Waals surface area contributed by atoms with Crippen LogP contribution in [0.25, 0.3) is 0 Å². The van der Waals surface area contributed by atoms with Crippen LogP contribution in [-0.2, 0) is 16.1 Å². The summed E-state index contributed by atoms with van der Waals surface area (Å²) in [5, 5.41) is 8.82. The Hall–Kier alpha value is -1.79. The second-order valence-electron chi connectivity index (χ2n) is 5.81. The van der Waals surface area contributed by atoms with Crippen molar-refractivity contribution in [2.24, 2.45) is 11.8 Å². The molecule has 1 saturated heterocycles. The molecule has 134 valence electrons. The molecule has 0 aliphatic carbocycles. The molecule has 1 aromatic carbocycles. The molecule has 1 aliphatic heterocycles. The fraction of sp³-hybridized carbons (Fsp3) is 0.529. The smallest absolute Gasteiger partial charge is 0.257 e. The van der Waals surface area contributed by atoms with Crippen molar-refractivity contribution in [3.63, 3.8) is 0 Å². The average Bonchev–Trinajstić information content (AvgIpc) is 2.49. The lowest BCUT2D eigenvalue weighted by molar-refractivity contribution is -0.127. The third kappa shape index (κ3) is 6.02. The summed E-state index contributed by atoms with van der Waals surface area (Å²) < 4.78 is 5.45. The fourth-order valence-electron chi connectivity index (χ4n) is 2.37. The summed E-state index contributed by atoms with van der Waals surface area (Å²) in [4.78, 5) is 23.5. The van der Waals surface area contributed by atoms with Gasteiger partial charge < -0.3 is 20.7 Å². The topological polar surface area (TPSA) is 79.5 Å². The lowest BCUT2D eigenvalue weighted by Crippen LogP contribution is -2.49. The highest BCUT2D eigenvalue weighted by molar-refractivity contribution is 5.85. The molecule has 1 aliphatic rings. The molecule has 0 radical (unpaired) electrons. The Morgan fingerprint density at radius 3 is 2.71 bits per heavy atom. The number of likely N-dealkylation sites (N-methyl/N-ethyl adjacent to an activating group) is 1. The highest BCUT2D eigenvalue weighted by Crippen LogP contribution is 2.17. The maximum atomic E-state index is 12.1. The molecule has 2 amide bonds. The first kappa shape index (κ1) is 20.3. The number of ether oxygens (including phenoxy) is 1. The second kappa shape index (κ2) is 10.2. The molecule has 0 aromatic heterocycles. The van der Waals surface area contributed by atoms with E-state index in [4.69, 9.17) is 4.74 Å². The number of carbonyl (C=O) groups is 2. The first-order chi connectivity index (χ1) is 11.1. The van der Waals surface area contributed by atoms with Gasteiger partial charge in [0.05, 0.1) is 0 Å². The fourth-order valence-corrected chi connectivity index (χ4v) is 2.37. The van der Waals surface area contributed by atoms with Crippen LogP contribution < -0.4 is 20.7 Å². The molecule has 0 spiro atoms. The molecule has 1 atom stereocenters. The summed E-state index contributed by atoms with van der Waals surface area (Å²) in [5.74, 6) is 1.01. The minimum absolute atomic E-state index is 0. The molecule has 2 rings (SSSR count). The van der Waals surface area contributed by atoms with E-state index < -0.39 is 0 Å². The van der Waals surface area contributed by atoms with E-state index in [1.807, 2.05) is 32.0 Å². The van der Waals surface area contributed by atoms with Gasteiger partial charge in [-0.15, -0.1) is 12.4 Å². The summed E-state index contributed by atoms with van der Waals surface area (Å²) in [6, 6.07) is 7.42. The van der Waals surface area contributed by atoms with Gasteiger partial charge in [0, 0.05) is 19.0 Å². The van der Waals surface area contributed by atoms with Gasteiger partial charge in [-0.2, -0.15) is 0 Å². The molecule has 1 aromatic rings. The summed E-state index contributed by atoms with van der Waals surface area (Å²) in [6.07, 6.45) is 0. The number of hydrogen-bond donors (Lipinski definition) is 3. The van der Waals surface area contributed by atoms with E-state index >= 15 is 0 Å². The van der Waals surface area contributed by atoms with Crippen LogP contribution in [0.1, 0.15) is 19.4 Å². The van der Waals surface area contributed by atoms with E-state index in [1.165, 1.54) is 0 Å². The lowest BCUT2D eigenvalue weighted by atomic mass is 9.88. The quantitative estimate of drug-likeness (QED) is 0.652. The van der Waals surface area contributed by atoms with Crippen LogP contribution in [0.5, 0.6) is 5.75 Å². The molecule has 1 unspecified atom stereocenters. The van der Waals surface area contributed by atoms with Crippen molar-refractivity contribution >= 4 is 24.2 Å². The minimum atomic E-state index is -0.144. The third-order valence-corrected chi connectivity index (χ3v) is 4.04. The summed E-state index contributed by atoms with van der Waals surface area (Å²) in [7, 11) is 0. The Morgan fingerprint density at radius 1 is 1.33 bits per heavy atom. The Balaban J connectivity index is 0.00000288. The van der Waals surface area contributed by atoms with Crippen LogP contribution >= 0.6 is 12.4 Å². The first-order valence-electron chi connectivity index (χ1n) is 8.07. The summed E-state index contributed by atoms with van der Waals surface area (Å²) in [5.41, 5.74) is 0.950. The van der Waals surface area contributed by atoms with E-state index in [9.17, 15) is 9.59 Å². The van der Waals surface area contributed by atoms with Crippen molar-refractivity contribution in [3.8, 4) is 5.75 Å². The van der Waals surface area contributed by atoms with Crippen molar-refractivity contribution in [1.29, 1.82) is 0 Å². The Morgan fingerprint density at radius 2 is 2.08 bits per heavy atom. The van der Waals surface area contributed by atoms with Gasteiger partial charge in [0.1, 0.15) is 5.75 Å². The van der Waals surface area contributed by atoms with Crippen molar-refractivity contribution < 1.29 is 14.3 Å². The van der Waals surface area contributed by atoms with Gasteiger partial charge in [0.15, 0.2) is 6.61 Å². The maximum absolute atomic E-state index is 12.1. The molecule has 6 nitrogen and oxygen atoms in total. The van der Waals surface area contributed by atoms with E-state index in [0.29, 0.717) is 24.8 Å². The predicted molar refractivity (Wildman–Crippen MR) is 95.2 cm³/mol. The number of benzene rings is 1. The zero-order chi connectivity index (χ0) is 16.7. The zero-order valence-electron chi connectivity index (χ0n) is 14.1. The molecule has 1 heterocycles. The van der Waals surface area contributed by atoms with Crippen LogP contribution in [0.2, 0.25) is 0 Å². The first-order valence-corrected chi connectivity index (χ1v) is 8.07. The summed E-state index contributed by atoms with van der Waals surface area (Å²) >= 11 is 0. The predicted octanol–water partition coefficient (Wildman–Crippen LogP) is 1.09. The number of carbonyl (C=O) groups excluding carboxylic acids is 2. The molecule has 24 heavy (non-hydrogen) atoms. The van der Waals surface area contributed by atoms with Crippen LogP contribution in [0.15, 0.2) is 24.3 Å². The largest absolute Gasteiger partial charge is 0.484 e. The van der Waals surface area contributed by atoms with Gasteiger partial charge in [-0.3, -0.25) is 9.59 Å². The van der Waals surface area contributed by atoms with Crippen molar-refractivity contribution in [2.45, 2.75) is 20.4 Å². The zero-order valence-corrected chi connectivity index (χ0v) is 14.9. The number of halogens is 1. The van der Waals surface area contributed by atoms with Crippen LogP contribution in [-0.4, -0.2) is 38.1 Å². The average molecular weight is 356 g/mol. The van der Waals surface area contributed by atoms with Gasteiger partial charge in [-0.25, -0.2) is 0 Å². The van der Waals surface area contributed by atoms with Crippen molar-refractivity contribution in [1.82, 2.24) is 16.0 Å². The van der Waals surface area contributed by atoms with Crippen molar-refractivity contribution in [3.05, 3.63) is 29.8 Å². The maximum Gasteiger partial charge on any atom is 0.257 e. The minimum Gasteiger partial charge on any atom is -0.484 e. The Labute approximate surface area is 149 Å². The van der Waals surface area contributed by atoms with Gasteiger partial charge in [-0.1, -0.05) is 19.1 Å². The number of nitrogens with one attached hydrogen (secondary N) is 3. The van der Waals surface area contributed by atoms with Gasteiger partial charge in [-0.05, 0) is 43.6 Å². The van der Waals surface area contributed by atoms with Gasteiger partial charge in [0.2, 0.25) is 5.91 Å². The molecule has 0 bridgehead atoms. The lowest BCUT2D eigenvalue weighted by Gasteiger charge is -2.31. The van der Waals surface area contributed by atoms with E-state index in [2.05, 4.69) is 16.0 Å². The number of amides is 2. The van der Waals surface area contributed by atoms with Crippen LogP contribution in [0.3, 0.4) is 0 Å². The van der Waals surface area contributed by atoms with E-state index in [0.717, 1.165) is 18.7 Å². The van der Waals surface area contributed by atoms with Crippen LogP contribution in [0.4, 0.5) is 0 Å². The molecule has 0 saturated carbocycles. The molecule has 1 fully saturated rings. The normalized spacial score (nSPS) is 14.8. The van der Waals surface area contributed by atoms with Gasteiger partial charge >= 0.3 is 0 Å². The monoisotopic (exact) mass is 355 g/mol. The Bertz CT molecular complexity index is 550. The molecular weight excluding hydrogens is 330 g/mol. The van der Waals surface area contributed by atoms with Gasteiger partial charge in [0.25, 0.3) is 5.91 Å². The molecular formula is C17H26ClN3O3. The molecule has 3 N–H and O–H groups in total. The van der Waals surface area contributed by atoms with E-state index in [-0.39, 0.29) is 36.7 Å². The Kier molecular flexibility index (Phi) is 8.57. The number of rotatable bonds is 8. The number of hydrogen-bond acceptors (Lipinski definition) is 4.